The van der Waals surface area contributed by atoms with Gasteiger partial charge in [0.1, 0.15) is 0 Å². The van der Waals surface area contributed by atoms with Crippen LogP contribution in [0.5, 0.6) is 0 Å². The van der Waals surface area contributed by atoms with Crippen molar-refractivity contribution in [2.24, 2.45) is 5.92 Å². The Morgan fingerprint density at radius 2 is 2.22 bits per heavy atom. The lowest BCUT2D eigenvalue weighted by molar-refractivity contribution is 0.0957. The minimum atomic E-state index is -0.945. The summed E-state index contributed by atoms with van der Waals surface area (Å²) in [5, 5.41) is 7.07. The Morgan fingerprint density at radius 1 is 1.39 bits per heavy atom. The number of ketones is 1. The van der Waals surface area contributed by atoms with Gasteiger partial charge in [0.2, 0.25) is 0 Å². The summed E-state index contributed by atoms with van der Waals surface area (Å²) >= 11 is 5.80. The topological polar surface area (TPSA) is 41.1 Å². The number of nitrogens with one attached hydrogen (secondary N) is 2. The number of halogens is 1. The third-order valence-corrected chi connectivity index (χ3v) is 5.53. The molecule has 23 heavy (non-hydrogen) atoms. The van der Waals surface area contributed by atoms with Crippen LogP contribution in [0.1, 0.15) is 39.9 Å². The maximum Gasteiger partial charge on any atom is 0.194 e. The zero-order chi connectivity index (χ0) is 16.4. The SMILES string of the molecule is Cc1ccc(C(=O)CF)c2c1C(=S)C(C1CNCCCN1)CC2. The third kappa shape index (κ3) is 3.23. The van der Waals surface area contributed by atoms with Crippen molar-refractivity contribution in [3.8, 4) is 0 Å². The van der Waals surface area contributed by atoms with E-state index in [9.17, 15) is 9.18 Å². The van der Waals surface area contributed by atoms with Crippen molar-refractivity contribution in [3.63, 3.8) is 0 Å². The zero-order valence-corrected chi connectivity index (χ0v) is 14.3. The molecule has 3 rings (SSSR count). The number of carbonyl (C=O) groups excluding carboxylic acids is 1. The molecule has 1 aliphatic heterocycles. The molecule has 1 heterocycles. The molecule has 0 bridgehead atoms. The number of carbonyl (C=O) groups is 1. The van der Waals surface area contributed by atoms with Crippen LogP contribution < -0.4 is 10.6 Å². The van der Waals surface area contributed by atoms with Gasteiger partial charge in [-0.05, 0) is 56.0 Å². The number of Topliss-reactive ketones (excluding diaryl/α,β-unsaturated/α-hetero) is 1. The molecule has 1 aromatic rings. The lowest BCUT2D eigenvalue weighted by Crippen LogP contribution is -2.46. The molecule has 1 aliphatic carbocycles. The van der Waals surface area contributed by atoms with Gasteiger partial charge in [0.05, 0.1) is 0 Å². The van der Waals surface area contributed by atoms with Gasteiger partial charge in [-0.1, -0.05) is 24.4 Å². The van der Waals surface area contributed by atoms with Crippen LogP contribution in [0, 0.1) is 12.8 Å². The highest BCUT2D eigenvalue weighted by molar-refractivity contribution is 7.80. The highest BCUT2D eigenvalue weighted by atomic mass is 32.1. The van der Waals surface area contributed by atoms with Gasteiger partial charge in [-0.15, -0.1) is 0 Å². The molecule has 124 valence electrons. The van der Waals surface area contributed by atoms with E-state index in [0.717, 1.165) is 60.5 Å². The highest BCUT2D eigenvalue weighted by Crippen LogP contribution is 2.33. The Morgan fingerprint density at radius 3 is 3.00 bits per heavy atom. The lowest BCUT2D eigenvalue weighted by Gasteiger charge is -2.34. The van der Waals surface area contributed by atoms with Crippen molar-refractivity contribution in [1.29, 1.82) is 0 Å². The van der Waals surface area contributed by atoms with Gasteiger partial charge >= 0.3 is 0 Å². The van der Waals surface area contributed by atoms with E-state index in [1.165, 1.54) is 0 Å². The van der Waals surface area contributed by atoms with Crippen molar-refractivity contribution in [3.05, 3.63) is 34.4 Å². The minimum absolute atomic E-state index is 0.289. The third-order valence-electron chi connectivity index (χ3n) is 5.02. The van der Waals surface area contributed by atoms with Crippen LogP contribution in [0.3, 0.4) is 0 Å². The molecular formula is C18H23FN2OS. The number of hydrogen-bond donors (Lipinski definition) is 2. The van der Waals surface area contributed by atoms with Crippen LogP contribution in [0.25, 0.3) is 0 Å². The van der Waals surface area contributed by atoms with Crippen LogP contribution in [0.15, 0.2) is 12.1 Å². The molecule has 1 saturated heterocycles. The number of aryl methyl sites for hydroxylation is 1. The monoisotopic (exact) mass is 334 g/mol. The summed E-state index contributed by atoms with van der Waals surface area (Å²) in [5.41, 5.74) is 3.57. The van der Waals surface area contributed by atoms with Gasteiger partial charge in [-0.25, -0.2) is 4.39 Å². The smallest absolute Gasteiger partial charge is 0.194 e. The van der Waals surface area contributed by atoms with Gasteiger partial charge < -0.3 is 10.6 Å². The fraction of sp³-hybridized carbons (Fsp3) is 0.556. The second-order valence-electron chi connectivity index (χ2n) is 6.47. The molecule has 2 aliphatic rings. The molecule has 5 heteroatoms. The maximum atomic E-state index is 12.9. The van der Waals surface area contributed by atoms with Gasteiger partial charge in [0.15, 0.2) is 12.5 Å². The summed E-state index contributed by atoms with van der Waals surface area (Å²) in [6, 6.07) is 3.98. The van der Waals surface area contributed by atoms with E-state index >= 15 is 0 Å². The van der Waals surface area contributed by atoms with Crippen LogP contribution in [-0.4, -0.2) is 43.0 Å². The Hall–Kier alpha value is -1.17. The first-order valence-corrected chi connectivity index (χ1v) is 8.74. The lowest BCUT2D eigenvalue weighted by atomic mass is 9.76. The van der Waals surface area contributed by atoms with Gasteiger partial charge in [-0.3, -0.25) is 4.79 Å². The van der Waals surface area contributed by atoms with E-state index in [4.69, 9.17) is 12.2 Å². The summed E-state index contributed by atoms with van der Waals surface area (Å²) in [6.07, 6.45) is 2.84. The Kier molecular flexibility index (Phi) is 5.19. The predicted molar refractivity (Wildman–Crippen MR) is 94.3 cm³/mol. The van der Waals surface area contributed by atoms with E-state index in [1.54, 1.807) is 6.07 Å². The summed E-state index contributed by atoms with van der Waals surface area (Å²) in [6.45, 7) is 4.04. The fourth-order valence-corrected chi connectivity index (χ4v) is 4.38. The second kappa shape index (κ2) is 7.16. The van der Waals surface area contributed by atoms with Crippen molar-refractivity contribution >= 4 is 22.9 Å². The Labute approximate surface area is 142 Å². The quantitative estimate of drug-likeness (QED) is 0.658. The highest BCUT2D eigenvalue weighted by Gasteiger charge is 2.33. The van der Waals surface area contributed by atoms with Gasteiger partial charge in [-0.2, -0.15) is 0 Å². The number of rotatable bonds is 3. The molecule has 1 aromatic carbocycles. The largest absolute Gasteiger partial charge is 0.315 e. The van der Waals surface area contributed by atoms with Crippen LogP contribution in [0.2, 0.25) is 0 Å². The molecule has 0 amide bonds. The summed E-state index contributed by atoms with van der Waals surface area (Å²) in [7, 11) is 0. The van der Waals surface area contributed by atoms with Crippen molar-refractivity contribution < 1.29 is 9.18 Å². The summed E-state index contributed by atoms with van der Waals surface area (Å²) in [4.78, 5) is 12.8. The first kappa shape index (κ1) is 16.7. The van der Waals surface area contributed by atoms with Crippen molar-refractivity contribution in [2.45, 2.75) is 32.2 Å². The molecule has 0 saturated carbocycles. The van der Waals surface area contributed by atoms with E-state index in [-0.39, 0.29) is 5.92 Å². The number of hydrogen-bond acceptors (Lipinski definition) is 4. The summed E-state index contributed by atoms with van der Waals surface area (Å²) < 4.78 is 12.9. The average molecular weight is 334 g/mol. The Bertz CT molecular complexity index is 624. The molecule has 2 unspecified atom stereocenters. The molecule has 0 spiro atoms. The van der Waals surface area contributed by atoms with Crippen LogP contribution in [-0.2, 0) is 6.42 Å². The molecule has 0 radical (unpaired) electrons. The molecule has 3 nitrogen and oxygen atoms in total. The average Bonchev–Trinajstić information content (AvgIpc) is 2.84. The molecule has 2 atom stereocenters. The van der Waals surface area contributed by atoms with Crippen LogP contribution >= 0.6 is 12.2 Å². The van der Waals surface area contributed by atoms with Crippen molar-refractivity contribution in [2.75, 3.05) is 26.3 Å². The molecular weight excluding hydrogens is 311 g/mol. The van der Waals surface area contributed by atoms with Crippen LogP contribution in [0.4, 0.5) is 4.39 Å². The molecule has 2 N–H and O–H groups in total. The van der Waals surface area contributed by atoms with E-state index < -0.39 is 12.5 Å². The van der Waals surface area contributed by atoms with E-state index in [1.807, 2.05) is 13.0 Å². The molecule has 1 fully saturated rings. The van der Waals surface area contributed by atoms with E-state index in [2.05, 4.69) is 10.6 Å². The number of alkyl halides is 1. The first-order chi connectivity index (χ1) is 11.1. The fourth-order valence-electron chi connectivity index (χ4n) is 3.82. The number of thiocarbonyl (C=S) groups is 1. The molecule has 0 aromatic heterocycles. The number of fused-ring (bicyclic) bond motifs is 1. The zero-order valence-electron chi connectivity index (χ0n) is 13.5. The normalized spacial score (nSPS) is 24.9. The predicted octanol–water partition coefficient (Wildman–Crippen LogP) is 2.38. The van der Waals surface area contributed by atoms with Gasteiger partial charge in [0, 0.05) is 28.9 Å². The van der Waals surface area contributed by atoms with E-state index in [0.29, 0.717) is 11.6 Å². The first-order valence-electron chi connectivity index (χ1n) is 8.33. The number of benzene rings is 1. The Balaban J connectivity index is 1.94. The van der Waals surface area contributed by atoms with Crippen molar-refractivity contribution in [1.82, 2.24) is 10.6 Å². The summed E-state index contributed by atoms with van der Waals surface area (Å²) in [5.74, 6) is -0.144. The standard InChI is InChI=1S/C18H23FN2OS/c1-11-3-4-12(16(22)9-19)13-5-6-14(18(23)17(11)13)15-10-20-7-2-8-21-15/h3-4,14-15,20-21H,2,5-10H2,1H3. The van der Waals surface area contributed by atoms with Gasteiger partial charge in [0.25, 0.3) is 0 Å². The second-order valence-corrected chi connectivity index (χ2v) is 6.91. The minimum Gasteiger partial charge on any atom is -0.315 e. The maximum absolute atomic E-state index is 12.9.